The molecule has 5 nitrogen and oxygen atoms in total. The van der Waals surface area contributed by atoms with E-state index in [0.29, 0.717) is 0 Å². The van der Waals surface area contributed by atoms with Crippen molar-refractivity contribution in [1.29, 1.82) is 0 Å². The minimum Gasteiger partial charge on any atom is -0.345 e. The van der Waals surface area contributed by atoms with Gasteiger partial charge in [-0.2, -0.15) is 0 Å². The van der Waals surface area contributed by atoms with E-state index >= 15 is 0 Å². The maximum absolute atomic E-state index is 12.2. The highest BCUT2D eigenvalue weighted by Gasteiger charge is 2.32. The minimum atomic E-state index is -0.404. The van der Waals surface area contributed by atoms with Crippen LogP contribution in [0, 0.1) is 11.8 Å². The lowest BCUT2D eigenvalue weighted by atomic mass is 9.92. The number of amides is 2. The maximum atomic E-state index is 12.2. The summed E-state index contributed by atoms with van der Waals surface area (Å²) in [6.07, 6.45) is 2.16. The fourth-order valence-electron chi connectivity index (χ4n) is 3.08. The first-order valence-electron chi connectivity index (χ1n) is 6.84. The molecule has 0 bridgehead atoms. The van der Waals surface area contributed by atoms with Crippen molar-refractivity contribution in [3.63, 3.8) is 0 Å². The Kier molecular flexibility index (Phi) is 6.07. The molecule has 2 aliphatic rings. The quantitative estimate of drug-likeness (QED) is 0.773. The zero-order valence-electron chi connectivity index (χ0n) is 11.6. The molecule has 19 heavy (non-hydrogen) atoms. The van der Waals surface area contributed by atoms with E-state index in [9.17, 15) is 9.59 Å². The van der Waals surface area contributed by atoms with Crippen LogP contribution in [-0.4, -0.2) is 48.9 Å². The van der Waals surface area contributed by atoms with Gasteiger partial charge in [0.25, 0.3) is 0 Å². The Balaban J connectivity index is 0.00000180. The predicted octanol–water partition coefficient (Wildman–Crippen LogP) is 0.391. The lowest BCUT2D eigenvalue weighted by Crippen LogP contribution is -2.46. The Bertz CT molecular complexity index is 324. The third-order valence-electron chi connectivity index (χ3n) is 4.12. The molecular weight excluding hydrogens is 266 g/mol. The summed E-state index contributed by atoms with van der Waals surface area (Å²) in [6, 6.07) is -0.404. The van der Waals surface area contributed by atoms with E-state index in [2.05, 4.69) is 10.6 Å². The van der Waals surface area contributed by atoms with Gasteiger partial charge in [0.15, 0.2) is 0 Å². The molecule has 110 valence electrons. The molecule has 2 amide bonds. The van der Waals surface area contributed by atoms with Gasteiger partial charge >= 0.3 is 0 Å². The normalized spacial score (nSPS) is 27.8. The first-order chi connectivity index (χ1) is 8.58. The van der Waals surface area contributed by atoms with E-state index in [4.69, 9.17) is 0 Å². The lowest BCUT2D eigenvalue weighted by Gasteiger charge is -2.24. The number of nitrogens with zero attached hydrogens (tertiary/aromatic N) is 1. The molecular formula is C13H24ClN3O2. The summed E-state index contributed by atoms with van der Waals surface area (Å²) in [5.41, 5.74) is 0. The van der Waals surface area contributed by atoms with Crippen LogP contribution in [0.5, 0.6) is 0 Å². The Labute approximate surface area is 120 Å². The number of rotatable bonds is 2. The Morgan fingerprint density at radius 2 is 1.74 bits per heavy atom. The topological polar surface area (TPSA) is 61.4 Å². The summed E-state index contributed by atoms with van der Waals surface area (Å²) >= 11 is 0. The fourth-order valence-corrected chi connectivity index (χ4v) is 3.08. The Hall–Kier alpha value is -0.810. The van der Waals surface area contributed by atoms with Crippen molar-refractivity contribution < 1.29 is 9.59 Å². The van der Waals surface area contributed by atoms with Crippen molar-refractivity contribution in [1.82, 2.24) is 15.5 Å². The van der Waals surface area contributed by atoms with Gasteiger partial charge in [-0.1, -0.05) is 0 Å². The fraction of sp³-hybridized carbons (Fsp3) is 0.846. The van der Waals surface area contributed by atoms with Crippen LogP contribution < -0.4 is 10.6 Å². The average Bonchev–Trinajstić information content (AvgIpc) is 2.67. The molecule has 2 saturated heterocycles. The number of likely N-dealkylation sites (tertiary alicyclic amines) is 1. The van der Waals surface area contributed by atoms with Crippen LogP contribution in [-0.2, 0) is 9.59 Å². The van der Waals surface area contributed by atoms with E-state index in [1.807, 2.05) is 4.90 Å². The lowest BCUT2D eigenvalue weighted by molar-refractivity contribution is -0.135. The second-order valence-electron chi connectivity index (χ2n) is 5.50. The number of halogens is 1. The number of fused-ring (bicyclic) bond motifs is 1. The molecule has 2 N–H and O–H groups in total. The molecule has 2 rings (SSSR count). The van der Waals surface area contributed by atoms with Gasteiger partial charge in [-0.25, -0.2) is 0 Å². The van der Waals surface area contributed by atoms with Gasteiger partial charge in [-0.3, -0.25) is 9.59 Å². The van der Waals surface area contributed by atoms with Crippen molar-refractivity contribution in [2.24, 2.45) is 11.8 Å². The summed E-state index contributed by atoms with van der Waals surface area (Å²) in [5.74, 6) is 1.35. The van der Waals surface area contributed by atoms with Crippen LogP contribution >= 0.6 is 12.4 Å². The highest BCUT2D eigenvalue weighted by molar-refractivity contribution is 5.86. The SMILES string of the molecule is CC(=O)NC(C)C(=O)N1CC[C@@H]2CNC[C@@H]2CC1.Cl. The average molecular weight is 290 g/mol. The monoisotopic (exact) mass is 289 g/mol. The zero-order chi connectivity index (χ0) is 13.1. The predicted molar refractivity (Wildman–Crippen MR) is 76.2 cm³/mol. The summed E-state index contributed by atoms with van der Waals surface area (Å²) in [7, 11) is 0. The van der Waals surface area contributed by atoms with E-state index < -0.39 is 6.04 Å². The van der Waals surface area contributed by atoms with Crippen molar-refractivity contribution in [2.45, 2.75) is 32.7 Å². The van der Waals surface area contributed by atoms with Crippen LogP contribution in [0.1, 0.15) is 26.7 Å². The van der Waals surface area contributed by atoms with Gasteiger partial charge in [0.2, 0.25) is 11.8 Å². The number of carbonyl (C=O) groups is 2. The molecule has 3 atom stereocenters. The molecule has 0 aromatic carbocycles. The summed E-state index contributed by atoms with van der Waals surface area (Å²) in [5, 5.41) is 6.09. The Morgan fingerprint density at radius 3 is 2.21 bits per heavy atom. The van der Waals surface area contributed by atoms with E-state index in [1.54, 1.807) is 6.92 Å². The highest BCUT2D eigenvalue weighted by Crippen LogP contribution is 2.27. The van der Waals surface area contributed by atoms with Gasteiger partial charge in [-0.15, -0.1) is 12.4 Å². The van der Waals surface area contributed by atoms with Crippen LogP contribution in [0.25, 0.3) is 0 Å². The van der Waals surface area contributed by atoms with Gasteiger partial charge in [0.05, 0.1) is 0 Å². The first kappa shape index (κ1) is 16.2. The number of nitrogens with one attached hydrogen (secondary N) is 2. The second-order valence-corrected chi connectivity index (χ2v) is 5.50. The van der Waals surface area contributed by atoms with Crippen molar-refractivity contribution in [3.05, 3.63) is 0 Å². The Morgan fingerprint density at radius 1 is 1.21 bits per heavy atom. The van der Waals surface area contributed by atoms with Crippen LogP contribution in [0.15, 0.2) is 0 Å². The molecule has 2 fully saturated rings. The molecule has 0 aromatic heterocycles. The minimum absolute atomic E-state index is 0. The molecule has 1 unspecified atom stereocenters. The van der Waals surface area contributed by atoms with E-state index in [-0.39, 0.29) is 24.2 Å². The smallest absolute Gasteiger partial charge is 0.244 e. The van der Waals surface area contributed by atoms with E-state index in [0.717, 1.165) is 50.9 Å². The molecule has 2 aliphatic heterocycles. The first-order valence-corrected chi connectivity index (χ1v) is 6.84. The zero-order valence-corrected chi connectivity index (χ0v) is 12.5. The second kappa shape index (κ2) is 7.10. The molecule has 0 saturated carbocycles. The van der Waals surface area contributed by atoms with Crippen molar-refractivity contribution in [2.75, 3.05) is 26.2 Å². The van der Waals surface area contributed by atoms with Gasteiger partial charge in [0, 0.05) is 20.0 Å². The van der Waals surface area contributed by atoms with E-state index in [1.165, 1.54) is 6.92 Å². The maximum Gasteiger partial charge on any atom is 0.244 e. The number of carbonyl (C=O) groups excluding carboxylic acids is 2. The molecule has 0 radical (unpaired) electrons. The molecule has 0 spiro atoms. The number of hydrogen-bond acceptors (Lipinski definition) is 3. The molecule has 6 heteroatoms. The van der Waals surface area contributed by atoms with Crippen LogP contribution in [0.3, 0.4) is 0 Å². The third-order valence-corrected chi connectivity index (χ3v) is 4.12. The van der Waals surface area contributed by atoms with Crippen molar-refractivity contribution in [3.8, 4) is 0 Å². The summed E-state index contributed by atoms with van der Waals surface area (Å²) in [6.45, 7) is 7.04. The molecule has 0 aliphatic carbocycles. The van der Waals surface area contributed by atoms with Crippen molar-refractivity contribution >= 4 is 24.2 Å². The molecule has 0 aromatic rings. The van der Waals surface area contributed by atoms with Gasteiger partial charge < -0.3 is 15.5 Å². The largest absolute Gasteiger partial charge is 0.345 e. The highest BCUT2D eigenvalue weighted by atomic mass is 35.5. The number of hydrogen-bond donors (Lipinski definition) is 2. The summed E-state index contributed by atoms with van der Waals surface area (Å²) in [4.78, 5) is 25.1. The van der Waals surface area contributed by atoms with Crippen LogP contribution in [0.4, 0.5) is 0 Å². The molecule has 2 heterocycles. The van der Waals surface area contributed by atoms with Gasteiger partial charge in [-0.05, 0) is 44.7 Å². The van der Waals surface area contributed by atoms with Gasteiger partial charge in [0.1, 0.15) is 6.04 Å². The third kappa shape index (κ3) is 4.08. The standard InChI is InChI=1S/C13H23N3O2.ClH/c1-9(15-10(2)17)13(18)16-5-3-11-7-14-8-12(11)4-6-16;/h9,11-12,14H,3-8H2,1-2H3,(H,15,17);1H/t9?,11-,12+;. The summed E-state index contributed by atoms with van der Waals surface area (Å²) < 4.78 is 0. The van der Waals surface area contributed by atoms with Crippen LogP contribution in [0.2, 0.25) is 0 Å².